The maximum absolute atomic E-state index is 12.6. The van der Waals surface area contributed by atoms with E-state index in [4.69, 9.17) is 0 Å². The van der Waals surface area contributed by atoms with Crippen LogP contribution in [0.15, 0.2) is 17.3 Å². The molecule has 1 fully saturated rings. The van der Waals surface area contributed by atoms with E-state index in [0.717, 1.165) is 43.4 Å². The van der Waals surface area contributed by atoms with Gasteiger partial charge in [0.15, 0.2) is 0 Å². The van der Waals surface area contributed by atoms with Crippen molar-refractivity contribution in [3.8, 4) is 0 Å². The fourth-order valence-corrected chi connectivity index (χ4v) is 4.18. The molecule has 0 radical (unpaired) electrons. The van der Waals surface area contributed by atoms with E-state index in [1.165, 1.54) is 5.22 Å². The molecule has 2 aliphatic heterocycles. The van der Waals surface area contributed by atoms with Gasteiger partial charge in [-0.05, 0) is 31.8 Å². The number of H-pyrrole nitrogens is 1. The summed E-state index contributed by atoms with van der Waals surface area (Å²) in [4.78, 5) is 29.2. The molecule has 1 atom stereocenters. The summed E-state index contributed by atoms with van der Waals surface area (Å²) >= 11 is 0. The van der Waals surface area contributed by atoms with Gasteiger partial charge in [-0.15, -0.1) is 0 Å². The van der Waals surface area contributed by atoms with Gasteiger partial charge in [0.2, 0.25) is 0 Å². The van der Waals surface area contributed by atoms with E-state index in [0.29, 0.717) is 36.1 Å². The first-order chi connectivity index (χ1) is 14.3. The van der Waals surface area contributed by atoms with Gasteiger partial charge in [0.05, 0.1) is 0 Å². The fraction of sp³-hybridized carbons (Fsp3) is 0.450. The van der Waals surface area contributed by atoms with E-state index >= 15 is 0 Å². The zero-order chi connectivity index (χ0) is 19.6. The van der Waals surface area contributed by atoms with Crippen LogP contribution < -0.4 is 26.5 Å². The molecule has 29 heavy (non-hydrogen) atoms. The molecule has 0 aromatic carbocycles. The van der Waals surface area contributed by atoms with Gasteiger partial charge < -0.3 is 5.32 Å². The van der Waals surface area contributed by atoms with E-state index < -0.39 is 0 Å². The standard InChI is InChI=1S/C20H24BN7O/c29-20(23-10-12-3-5-22-6-4-12)17-8-16-18(27-17)19(25-11-24-16)26-14-1-2-15-13(7-14)9-21-28-15/h2,7,9,11-12,14,22,28H,1,3-6,8,10H2,(H,23,29)(H,24,25,26). The predicted octanol–water partition coefficient (Wildman–Crippen LogP) is -0.667. The van der Waals surface area contributed by atoms with E-state index in [1.54, 1.807) is 6.33 Å². The number of aliphatic imine (C=N–C) groups is 1. The summed E-state index contributed by atoms with van der Waals surface area (Å²) in [7, 11) is 1.95. The van der Waals surface area contributed by atoms with Gasteiger partial charge in [0.25, 0.3) is 0 Å². The van der Waals surface area contributed by atoms with Crippen LogP contribution in [0.2, 0.25) is 0 Å². The Bertz CT molecular complexity index is 1070. The van der Waals surface area contributed by atoms with Crippen molar-refractivity contribution in [3.05, 3.63) is 28.6 Å². The first-order valence-corrected chi connectivity index (χ1v) is 10.3. The number of anilines is 1. The molecule has 0 saturated carbocycles. The molecule has 1 amide bonds. The van der Waals surface area contributed by atoms with Gasteiger partial charge in [-0.3, -0.25) is 0 Å². The molecule has 1 unspecified atom stereocenters. The molecule has 2 aromatic heterocycles. The Kier molecular flexibility index (Phi) is 4.97. The molecule has 1 aliphatic carbocycles. The molecule has 0 spiro atoms. The Morgan fingerprint density at radius 2 is 2.17 bits per heavy atom. The number of carbonyl (C=O) groups excluding carboxylic acids is 1. The van der Waals surface area contributed by atoms with Crippen LogP contribution in [0.4, 0.5) is 11.5 Å². The molecule has 4 N–H and O–H groups in total. The maximum atomic E-state index is 12.6. The molecule has 9 heteroatoms. The number of aromatic nitrogens is 3. The second-order valence-electron chi connectivity index (χ2n) is 7.86. The third kappa shape index (κ3) is 3.87. The average Bonchev–Trinajstić information content (AvgIpc) is 3.40. The van der Waals surface area contributed by atoms with E-state index in [1.807, 2.05) is 7.05 Å². The number of rotatable bonds is 5. The third-order valence-electron chi connectivity index (χ3n) is 5.84. The Hall–Kier alpha value is -2.81. The Morgan fingerprint density at radius 1 is 1.28 bits per heavy atom. The van der Waals surface area contributed by atoms with Crippen LogP contribution in [-0.2, 0) is 11.2 Å². The summed E-state index contributed by atoms with van der Waals surface area (Å²) in [6, 6.07) is 0.130. The third-order valence-corrected chi connectivity index (χ3v) is 5.84. The van der Waals surface area contributed by atoms with Crippen LogP contribution >= 0.6 is 0 Å². The van der Waals surface area contributed by atoms with Crippen molar-refractivity contribution in [2.75, 3.05) is 25.0 Å². The van der Waals surface area contributed by atoms with Crippen molar-refractivity contribution in [1.82, 2.24) is 25.5 Å². The fourth-order valence-electron chi connectivity index (χ4n) is 4.18. The van der Waals surface area contributed by atoms with Crippen LogP contribution in [0.1, 0.15) is 25.0 Å². The summed E-state index contributed by atoms with van der Waals surface area (Å²) < 4.78 is 0. The van der Waals surface area contributed by atoms with Crippen molar-refractivity contribution in [1.29, 1.82) is 0 Å². The molecule has 8 nitrogen and oxygen atoms in total. The minimum atomic E-state index is -0.0954. The molecular formula is C20H24BN7O. The zero-order valence-corrected chi connectivity index (χ0v) is 16.2. The van der Waals surface area contributed by atoms with Crippen LogP contribution in [-0.4, -0.2) is 59.2 Å². The molecule has 3 aliphatic rings. The molecule has 5 rings (SSSR count). The number of hydrogen-bond acceptors (Lipinski definition) is 6. The number of piperidine rings is 1. The van der Waals surface area contributed by atoms with Crippen molar-refractivity contribution < 1.29 is 4.79 Å². The summed E-state index contributed by atoms with van der Waals surface area (Å²) in [6.07, 6.45) is 9.42. The van der Waals surface area contributed by atoms with Gasteiger partial charge in [-0.25, -0.2) is 0 Å². The van der Waals surface area contributed by atoms with Crippen molar-refractivity contribution in [2.24, 2.45) is 10.9 Å². The van der Waals surface area contributed by atoms with Crippen LogP contribution in [0.3, 0.4) is 0 Å². The quantitative estimate of drug-likeness (QED) is 0.543. The van der Waals surface area contributed by atoms with Crippen molar-refractivity contribution >= 4 is 42.3 Å². The van der Waals surface area contributed by atoms with Gasteiger partial charge in [0.1, 0.15) is 0 Å². The number of nitrogens with zero attached hydrogens (tertiary/aromatic N) is 3. The molecule has 1 saturated heterocycles. The van der Waals surface area contributed by atoms with Gasteiger partial charge in [-0.1, -0.05) is 0 Å². The number of carbonyl (C=O) groups is 1. The molecule has 148 valence electrons. The first-order valence-electron chi connectivity index (χ1n) is 10.3. The number of hydrogen-bond donors (Lipinski definition) is 4. The van der Waals surface area contributed by atoms with Gasteiger partial charge in [-0.2, -0.15) is 0 Å². The minimum absolute atomic E-state index is 0.0954. The average molecular weight is 389 g/mol. The Balaban J connectivity index is 1.28. The van der Waals surface area contributed by atoms with Crippen LogP contribution in [0, 0.1) is 5.92 Å². The molecule has 0 bridgehead atoms. The van der Waals surface area contributed by atoms with Crippen molar-refractivity contribution in [2.45, 2.75) is 31.7 Å². The topological polar surface area (TPSA) is 107 Å². The number of nitrogens with one attached hydrogen (secondary N) is 4. The zero-order valence-electron chi connectivity index (χ0n) is 16.2. The van der Waals surface area contributed by atoms with E-state index in [9.17, 15) is 4.79 Å². The second kappa shape index (κ2) is 7.90. The number of amides is 1. The van der Waals surface area contributed by atoms with E-state index in [-0.39, 0.29) is 11.9 Å². The SMILES string of the molecule is O=C(NCC1CCNCC1)C1=Nc2c(ncnc2NC2C=c3cb[nH]c3=CC2)C1. The summed E-state index contributed by atoms with van der Waals surface area (Å²) in [5, 5.41) is 12.2. The summed E-state index contributed by atoms with van der Waals surface area (Å²) in [5.74, 6) is 3.19. The second-order valence-corrected chi connectivity index (χ2v) is 7.86. The Morgan fingerprint density at radius 3 is 3.07 bits per heavy atom. The summed E-state index contributed by atoms with van der Waals surface area (Å²) in [5.41, 5.74) is 2.01. The van der Waals surface area contributed by atoms with Crippen LogP contribution in [0.25, 0.3) is 12.2 Å². The molecular weight excluding hydrogens is 365 g/mol. The predicted molar refractivity (Wildman–Crippen MR) is 114 cm³/mol. The number of fused-ring (bicyclic) bond motifs is 2. The normalized spacial score (nSPS) is 20.6. The molecule has 4 heterocycles. The van der Waals surface area contributed by atoms with E-state index in [2.05, 4.69) is 53.9 Å². The van der Waals surface area contributed by atoms with Crippen LogP contribution in [0.5, 0.6) is 0 Å². The van der Waals surface area contributed by atoms with Gasteiger partial charge in [0, 0.05) is 0 Å². The molecule has 2 aromatic rings. The number of aromatic amines is 1. The Labute approximate surface area is 169 Å². The first kappa shape index (κ1) is 18.2. The summed E-state index contributed by atoms with van der Waals surface area (Å²) in [6.45, 7) is 2.76. The van der Waals surface area contributed by atoms with Crippen molar-refractivity contribution in [3.63, 3.8) is 0 Å². The van der Waals surface area contributed by atoms with Gasteiger partial charge >= 0.3 is 132 Å². The monoisotopic (exact) mass is 389 g/mol.